The molecule has 4 nitrogen and oxygen atoms in total. The summed E-state index contributed by atoms with van der Waals surface area (Å²) in [6, 6.07) is 7.84. The van der Waals surface area contributed by atoms with Gasteiger partial charge in [0.1, 0.15) is 0 Å². The lowest BCUT2D eigenvalue weighted by Crippen LogP contribution is -1.84. The van der Waals surface area contributed by atoms with Gasteiger partial charge in [-0.15, -0.1) is 11.3 Å². The number of hydrogen-bond acceptors (Lipinski definition) is 4. The molecule has 18 heavy (non-hydrogen) atoms. The number of aromatic amines is 1. The summed E-state index contributed by atoms with van der Waals surface area (Å²) in [6.07, 6.45) is 1.88. The van der Waals surface area contributed by atoms with Gasteiger partial charge in [0.05, 0.1) is 17.3 Å². The molecule has 3 N–H and O–H groups in total. The Kier molecular flexibility index (Phi) is 2.32. The Morgan fingerprint density at radius 2 is 2.28 bits per heavy atom. The van der Waals surface area contributed by atoms with Crippen molar-refractivity contribution in [1.29, 1.82) is 5.26 Å². The molecule has 0 spiro atoms. The molecule has 1 aromatic carbocycles. The molecule has 3 rings (SSSR count). The Bertz CT molecular complexity index is 776. The van der Waals surface area contributed by atoms with Crippen molar-refractivity contribution in [2.45, 2.75) is 6.92 Å². The number of aryl methyl sites for hydroxylation is 1. The third-order valence-corrected chi connectivity index (χ3v) is 3.69. The minimum absolute atomic E-state index is 0.547. The molecule has 0 saturated heterocycles. The molecule has 0 atom stereocenters. The average molecular weight is 254 g/mol. The van der Waals surface area contributed by atoms with E-state index in [4.69, 9.17) is 5.73 Å². The van der Waals surface area contributed by atoms with Crippen LogP contribution in [0.5, 0.6) is 0 Å². The number of fused-ring (bicyclic) bond motifs is 1. The topological polar surface area (TPSA) is 78.5 Å². The van der Waals surface area contributed by atoms with Crippen LogP contribution >= 0.6 is 11.3 Å². The van der Waals surface area contributed by atoms with Gasteiger partial charge in [-0.3, -0.25) is 0 Å². The van der Waals surface area contributed by atoms with Crippen molar-refractivity contribution in [3.05, 3.63) is 34.8 Å². The zero-order valence-corrected chi connectivity index (χ0v) is 10.5. The molecule has 0 unspecified atom stereocenters. The van der Waals surface area contributed by atoms with Gasteiger partial charge in [-0.2, -0.15) is 5.26 Å². The number of nitrogen functional groups attached to an aromatic ring is 1. The van der Waals surface area contributed by atoms with Crippen LogP contribution in [0.4, 0.5) is 5.13 Å². The highest BCUT2D eigenvalue weighted by molar-refractivity contribution is 7.15. The molecule has 2 aromatic heterocycles. The van der Waals surface area contributed by atoms with E-state index in [1.54, 1.807) is 0 Å². The fourth-order valence-corrected chi connectivity index (χ4v) is 2.83. The molecule has 0 saturated carbocycles. The van der Waals surface area contributed by atoms with Gasteiger partial charge in [0.15, 0.2) is 5.13 Å². The fraction of sp³-hybridized carbons (Fsp3) is 0.0769. The Balaban J connectivity index is 2.37. The SMILES string of the molecule is Cc1sc(N)nc1-c1c[nH]c2cccc(C#N)c12. The predicted octanol–water partition coefficient (Wildman–Crippen LogP) is 3.05. The number of H-pyrrole nitrogens is 1. The molecule has 0 aliphatic heterocycles. The van der Waals surface area contributed by atoms with Crippen LogP contribution in [0, 0.1) is 18.3 Å². The molecule has 0 amide bonds. The molecule has 3 aromatic rings. The van der Waals surface area contributed by atoms with E-state index < -0.39 is 0 Å². The van der Waals surface area contributed by atoms with Crippen molar-refractivity contribution in [1.82, 2.24) is 9.97 Å². The third kappa shape index (κ3) is 1.47. The van der Waals surface area contributed by atoms with Gasteiger partial charge in [-0.05, 0) is 19.1 Å². The second kappa shape index (κ2) is 3.86. The van der Waals surface area contributed by atoms with Crippen molar-refractivity contribution in [3.63, 3.8) is 0 Å². The quantitative estimate of drug-likeness (QED) is 0.700. The number of nitriles is 1. The van der Waals surface area contributed by atoms with Crippen LogP contribution in [-0.4, -0.2) is 9.97 Å². The number of rotatable bonds is 1. The lowest BCUT2D eigenvalue weighted by Gasteiger charge is -1.98. The summed E-state index contributed by atoms with van der Waals surface area (Å²) in [6.45, 7) is 1.98. The van der Waals surface area contributed by atoms with E-state index in [0.717, 1.165) is 27.0 Å². The second-order valence-corrected chi connectivity index (χ2v) is 5.23. The van der Waals surface area contributed by atoms with E-state index in [2.05, 4.69) is 16.0 Å². The second-order valence-electron chi connectivity index (χ2n) is 4.00. The first-order valence-electron chi connectivity index (χ1n) is 5.44. The van der Waals surface area contributed by atoms with Crippen LogP contribution in [0.3, 0.4) is 0 Å². The number of aromatic nitrogens is 2. The summed E-state index contributed by atoms with van der Waals surface area (Å²) in [4.78, 5) is 8.57. The minimum atomic E-state index is 0.547. The molecule has 0 aliphatic rings. The first kappa shape index (κ1) is 10.8. The van der Waals surface area contributed by atoms with Crippen LogP contribution in [0.2, 0.25) is 0 Å². The molecule has 0 radical (unpaired) electrons. The van der Waals surface area contributed by atoms with Crippen molar-refractivity contribution in [2.24, 2.45) is 0 Å². The van der Waals surface area contributed by atoms with Crippen molar-refractivity contribution < 1.29 is 0 Å². The Labute approximate surface area is 108 Å². The summed E-state index contributed by atoms with van der Waals surface area (Å²) in [5.41, 5.74) is 9.11. The third-order valence-electron chi connectivity index (χ3n) is 2.89. The van der Waals surface area contributed by atoms with Crippen molar-refractivity contribution >= 4 is 27.4 Å². The molecule has 5 heteroatoms. The lowest BCUT2D eigenvalue weighted by atomic mass is 10.0. The monoisotopic (exact) mass is 254 g/mol. The molecule has 2 heterocycles. The minimum Gasteiger partial charge on any atom is -0.375 e. The van der Waals surface area contributed by atoms with Gasteiger partial charge in [0.25, 0.3) is 0 Å². The molecule has 0 fully saturated rings. The van der Waals surface area contributed by atoms with Crippen molar-refractivity contribution in [3.8, 4) is 17.3 Å². The van der Waals surface area contributed by atoms with Gasteiger partial charge >= 0.3 is 0 Å². The van der Waals surface area contributed by atoms with Crippen LogP contribution < -0.4 is 5.73 Å². The van der Waals surface area contributed by atoms with E-state index in [-0.39, 0.29) is 0 Å². The van der Waals surface area contributed by atoms with Crippen LogP contribution in [-0.2, 0) is 0 Å². The number of benzene rings is 1. The highest BCUT2D eigenvalue weighted by Gasteiger charge is 2.15. The van der Waals surface area contributed by atoms with Gasteiger partial charge in [0, 0.05) is 27.5 Å². The van der Waals surface area contributed by atoms with Gasteiger partial charge < -0.3 is 10.7 Å². The maximum absolute atomic E-state index is 9.19. The Morgan fingerprint density at radius 1 is 1.44 bits per heavy atom. The zero-order chi connectivity index (χ0) is 12.7. The Hall–Kier alpha value is -2.32. The molecular weight excluding hydrogens is 244 g/mol. The molecular formula is C13H10N4S. The van der Waals surface area contributed by atoms with Crippen LogP contribution in [0.25, 0.3) is 22.2 Å². The largest absolute Gasteiger partial charge is 0.375 e. The normalized spacial score (nSPS) is 10.7. The first-order valence-corrected chi connectivity index (χ1v) is 6.26. The average Bonchev–Trinajstić information content (AvgIpc) is 2.92. The van der Waals surface area contributed by atoms with Gasteiger partial charge in [-0.1, -0.05) is 6.07 Å². The van der Waals surface area contributed by atoms with E-state index in [0.29, 0.717) is 10.7 Å². The van der Waals surface area contributed by atoms with Crippen molar-refractivity contribution in [2.75, 3.05) is 5.73 Å². The van der Waals surface area contributed by atoms with Crippen LogP contribution in [0.1, 0.15) is 10.4 Å². The number of hydrogen-bond donors (Lipinski definition) is 2. The number of nitrogens with zero attached hydrogens (tertiary/aromatic N) is 2. The maximum Gasteiger partial charge on any atom is 0.180 e. The number of nitrogens with two attached hydrogens (primary N) is 1. The maximum atomic E-state index is 9.19. The number of anilines is 1. The Morgan fingerprint density at radius 3 is 2.94 bits per heavy atom. The van der Waals surface area contributed by atoms with Gasteiger partial charge in [0.2, 0.25) is 0 Å². The predicted molar refractivity (Wildman–Crippen MR) is 73.3 cm³/mol. The van der Waals surface area contributed by atoms with E-state index in [1.165, 1.54) is 11.3 Å². The number of thiazole rings is 1. The molecule has 88 valence electrons. The zero-order valence-electron chi connectivity index (χ0n) is 9.69. The summed E-state index contributed by atoms with van der Waals surface area (Å²) < 4.78 is 0. The standard InChI is InChI=1S/C13H10N4S/c1-7-12(17-13(15)18-7)9-6-16-10-4-2-3-8(5-14)11(9)10/h2-4,6,16H,1H3,(H2,15,17). The molecule has 0 bridgehead atoms. The first-order chi connectivity index (χ1) is 8.70. The van der Waals surface area contributed by atoms with E-state index in [1.807, 2.05) is 31.3 Å². The summed E-state index contributed by atoms with van der Waals surface area (Å²) >= 11 is 1.46. The molecule has 0 aliphatic carbocycles. The van der Waals surface area contributed by atoms with E-state index in [9.17, 15) is 5.26 Å². The highest BCUT2D eigenvalue weighted by atomic mass is 32.1. The van der Waals surface area contributed by atoms with Gasteiger partial charge in [-0.25, -0.2) is 4.98 Å². The summed E-state index contributed by atoms with van der Waals surface area (Å²) in [7, 11) is 0. The summed E-state index contributed by atoms with van der Waals surface area (Å²) in [5.74, 6) is 0. The summed E-state index contributed by atoms with van der Waals surface area (Å²) in [5, 5.41) is 10.7. The lowest BCUT2D eigenvalue weighted by molar-refractivity contribution is 1.38. The van der Waals surface area contributed by atoms with Crippen LogP contribution in [0.15, 0.2) is 24.4 Å². The van der Waals surface area contributed by atoms with E-state index >= 15 is 0 Å². The number of nitrogens with one attached hydrogen (secondary N) is 1. The smallest absolute Gasteiger partial charge is 0.180 e. The highest BCUT2D eigenvalue weighted by Crippen LogP contribution is 2.35. The fourth-order valence-electron chi connectivity index (χ4n) is 2.13.